The Kier molecular flexibility index (Phi) is 3.63. The molecule has 1 heterocycles. The quantitative estimate of drug-likeness (QED) is 0.790. The van der Waals surface area contributed by atoms with Crippen LogP contribution >= 0.6 is 0 Å². The number of hydrogen-bond donors (Lipinski definition) is 1. The highest BCUT2D eigenvalue weighted by Crippen LogP contribution is 2.19. The van der Waals surface area contributed by atoms with Crippen LogP contribution in [-0.2, 0) is 13.6 Å². The molecule has 0 saturated heterocycles. The summed E-state index contributed by atoms with van der Waals surface area (Å²) in [5, 5.41) is 3.58. The molecule has 0 bridgehead atoms. The maximum absolute atomic E-state index is 13.3. The fraction of sp³-hybridized carbons (Fsp3) is 0.118. The Balaban J connectivity index is 1.80. The molecule has 1 aromatic heterocycles. The van der Waals surface area contributed by atoms with Crippen molar-refractivity contribution in [3.05, 3.63) is 71.4 Å². The fourth-order valence-electron chi connectivity index (χ4n) is 2.40. The Bertz CT molecular complexity index is 838. The van der Waals surface area contributed by atoms with Gasteiger partial charge in [0.25, 0.3) is 5.91 Å². The first-order valence-corrected chi connectivity index (χ1v) is 6.82. The van der Waals surface area contributed by atoms with Crippen LogP contribution in [0.1, 0.15) is 16.1 Å². The van der Waals surface area contributed by atoms with Crippen LogP contribution in [0.4, 0.5) is 8.78 Å². The number of benzene rings is 2. The second-order valence-electron chi connectivity index (χ2n) is 5.10. The van der Waals surface area contributed by atoms with Crippen molar-refractivity contribution < 1.29 is 13.6 Å². The molecule has 0 fully saturated rings. The highest BCUT2D eigenvalue weighted by Gasteiger charge is 2.13. The predicted octanol–water partition coefficient (Wildman–Crippen LogP) is 3.39. The van der Waals surface area contributed by atoms with Crippen LogP contribution in [0.5, 0.6) is 0 Å². The number of nitrogens with zero attached hydrogens (tertiary/aromatic N) is 1. The summed E-state index contributed by atoms with van der Waals surface area (Å²) in [6, 6.07) is 12.0. The number of aromatic nitrogens is 1. The average molecular weight is 300 g/mol. The zero-order valence-electron chi connectivity index (χ0n) is 11.9. The third-order valence-corrected chi connectivity index (χ3v) is 3.61. The van der Waals surface area contributed by atoms with Gasteiger partial charge >= 0.3 is 0 Å². The molecule has 3 rings (SSSR count). The summed E-state index contributed by atoms with van der Waals surface area (Å²) in [6.07, 6.45) is 0. The van der Waals surface area contributed by atoms with E-state index in [4.69, 9.17) is 0 Å². The van der Waals surface area contributed by atoms with Gasteiger partial charge in [0.05, 0.1) is 5.52 Å². The minimum atomic E-state index is -0.341. The molecule has 112 valence electrons. The van der Waals surface area contributed by atoms with E-state index < -0.39 is 0 Å². The number of halogens is 2. The van der Waals surface area contributed by atoms with Gasteiger partial charge in [-0.15, -0.1) is 0 Å². The van der Waals surface area contributed by atoms with E-state index in [9.17, 15) is 13.6 Å². The maximum Gasteiger partial charge on any atom is 0.268 e. The van der Waals surface area contributed by atoms with Gasteiger partial charge in [0.2, 0.25) is 0 Å². The third-order valence-electron chi connectivity index (χ3n) is 3.61. The Morgan fingerprint density at radius 2 is 1.73 bits per heavy atom. The van der Waals surface area contributed by atoms with Crippen molar-refractivity contribution in [1.29, 1.82) is 0 Å². The first-order valence-electron chi connectivity index (χ1n) is 6.82. The Labute approximate surface area is 126 Å². The normalized spacial score (nSPS) is 10.9. The average Bonchev–Trinajstić information content (AvgIpc) is 2.83. The molecule has 0 radical (unpaired) electrons. The summed E-state index contributed by atoms with van der Waals surface area (Å²) in [6.45, 7) is 0.301. The molecule has 0 spiro atoms. The highest BCUT2D eigenvalue weighted by atomic mass is 19.1. The Morgan fingerprint density at radius 1 is 1.05 bits per heavy atom. The van der Waals surface area contributed by atoms with Crippen LogP contribution in [-0.4, -0.2) is 10.5 Å². The zero-order valence-corrected chi connectivity index (χ0v) is 11.9. The van der Waals surface area contributed by atoms with Gasteiger partial charge in [0.1, 0.15) is 17.3 Å². The number of carbonyl (C=O) groups excluding carboxylic acids is 1. The first-order chi connectivity index (χ1) is 10.5. The largest absolute Gasteiger partial charge is 0.347 e. The van der Waals surface area contributed by atoms with Crippen LogP contribution < -0.4 is 5.32 Å². The smallest absolute Gasteiger partial charge is 0.268 e. The van der Waals surface area contributed by atoms with E-state index in [-0.39, 0.29) is 17.5 Å². The van der Waals surface area contributed by atoms with Crippen molar-refractivity contribution in [2.75, 3.05) is 0 Å². The number of nitrogens with one attached hydrogen (secondary N) is 1. The van der Waals surface area contributed by atoms with Gasteiger partial charge in [-0.3, -0.25) is 4.79 Å². The molecule has 3 nitrogen and oxygen atoms in total. The summed E-state index contributed by atoms with van der Waals surface area (Å²) >= 11 is 0. The lowest BCUT2D eigenvalue weighted by atomic mass is 10.2. The van der Waals surface area contributed by atoms with E-state index in [1.807, 2.05) is 0 Å². The van der Waals surface area contributed by atoms with E-state index in [1.165, 1.54) is 24.3 Å². The molecule has 0 atom stereocenters. The first kappa shape index (κ1) is 14.3. The Morgan fingerprint density at radius 3 is 2.45 bits per heavy atom. The van der Waals surface area contributed by atoms with Crippen molar-refractivity contribution in [2.24, 2.45) is 7.05 Å². The molecule has 0 aliphatic rings. The van der Waals surface area contributed by atoms with Crippen molar-refractivity contribution >= 4 is 16.8 Å². The molecular weight excluding hydrogens is 286 g/mol. The molecule has 0 unspecified atom stereocenters. The lowest BCUT2D eigenvalue weighted by molar-refractivity contribution is 0.0943. The van der Waals surface area contributed by atoms with Crippen molar-refractivity contribution in [3.63, 3.8) is 0 Å². The summed E-state index contributed by atoms with van der Waals surface area (Å²) in [4.78, 5) is 12.3. The van der Waals surface area contributed by atoms with Crippen molar-refractivity contribution in [2.45, 2.75) is 6.54 Å². The molecule has 5 heteroatoms. The van der Waals surface area contributed by atoms with Crippen molar-refractivity contribution in [3.8, 4) is 0 Å². The van der Waals surface area contributed by atoms with Crippen molar-refractivity contribution in [1.82, 2.24) is 9.88 Å². The van der Waals surface area contributed by atoms with Gasteiger partial charge in [-0.1, -0.05) is 12.1 Å². The minimum absolute atomic E-state index is 0.261. The highest BCUT2D eigenvalue weighted by molar-refractivity contribution is 5.98. The van der Waals surface area contributed by atoms with E-state index >= 15 is 0 Å². The summed E-state index contributed by atoms with van der Waals surface area (Å²) in [5.41, 5.74) is 1.91. The molecule has 0 aliphatic heterocycles. The molecular formula is C17H14F2N2O. The second kappa shape index (κ2) is 5.60. The third kappa shape index (κ3) is 2.70. The standard InChI is InChI=1S/C17H14F2N2O/c1-21-15-9-14(19)7-4-12(15)8-16(21)17(22)20-10-11-2-5-13(18)6-3-11/h2-9H,10H2,1H3,(H,20,22). The van der Waals surface area contributed by atoms with E-state index in [2.05, 4.69) is 5.32 Å². The van der Waals surface area contributed by atoms with Gasteiger partial charge < -0.3 is 9.88 Å². The van der Waals surface area contributed by atoms with E-state index in [0.29, 0.717) is 17.8 Å². The number of hydrogen-bond acceptors (Lipinski definition) is 1. The molecule has 22 heavy (non-hydrogen) atoms. The van der Waals surface area contributed by atoms with Crippen LogP contribution in [0.25, 0.3) is 10.9 Å². The fourth-order valence-corrected chi connectivity index (χ4v) is 2.40. The molecule has 3 aromatic rings. The van der Waals surface area contributed by atoms with Gasteiger partial charge in [0.15, 0.2) is 0 Å². The zero-order chi connectivity index (χ0) is 15.7. The molecule has 1 amide bonds. The van der Waals surface area contributed by atoms with Crippen LogP contribution in [0.2, 0.25) is 0 Å². The van der Waals surface area contributed by atoms with Gasteiger partial charge in [-0.25, -0.2) is 8.78 Å². The molecule has 0 aliphatic carbocycles. The number of rotatable bonds is 3. The van der Waals surface area contributed by atoms with Crippen LogP contribution in [0, 0.1) is 11.6 Å². The number of carbonyl (C=O) groups is 1. The second-order valence-corrected chi connectivity index (χ2v) is 5.10. The van der Waals surface area contributed by atoms with E-state index in [1.54, 1.807) is 35.9 Å². The number of fused-ring (bicyclic) bond motifs is 1. The molecule has 2 aromatic carbocycles. The predicted molar refractivity (Wildman–Crippen MR) is 80.4 cm³/mol. The van der Waals surface area contributed by atoms with E-state index in [0.717, 1.165) is 10.9 Å². The number of aryl methyl sites for hydroxylation is 1. The maximum atomic E-state index is 13.3. The number of amides is 1. The van der Waals surface area contributed by atoms with Crippen LogP contribution in [0.15, 0.2) is 48.5 Å². The monoisotopic (exact) mass is 300 g/mol. The molecule has 1 N–H and O–H groups in total. The van der Waals surface area contributed by atoms with Gasteiger partial charge in [-0.05, 0) is 42.0 Å². The Hall–Kier alpha value is -2.69. The minimum Gasteiger partial charge on any atom is -0.347 e. The van der Waals surface area contributed by atoms with Crippen LogP contribution in [0.3, 0.4) is 0 Å². The summed E-state index contributed by atoms with van der Waals surface area (Å²) in [7, 11) is 1.72. The lowest BCUT2D eigenvalue weighted by Crippen LogP contribution is -2.24. The summed E-state index contributed by atoms with van der Waals surface area (Å²) < 4.78 is 27.8. The topological polar surface area (TPSA) is 34.0 Å². The van der Waals surface area contributed by atoms with Gasteiger partial charge in [0, 0.05) is 19.0 Å². The SMILES string of the molecule is Cn1c(C(=O)NCc2ccc(F)cc2)cc2ccc(F)cc21. The lowest BCUT2D eigenvalue weighted by Gasteiger charge is -2.07. The summed E-state index contributed by atoms with van der Waals surface area (Å²) in [5.74, 6) is -0.916. The molecule has 0 saturated carbocycles. The van der Waals surface area contributed by atoms with Gasteiger partial charge in [-0.2, -0.15) is 0 Å².